The first-order valence-electron chi connectivity index (χ1n) is 6.51. The number of nitrogens with zero attached hydrogens (tertiary/aromatic N) is 3. The first-order valence-corrected chi connectivity index (χ1v) is 6.51. The van der Waals surface area contributed by atoms with Crippen LogP contribution in [0.15, 0.2) is 28.2 Å². The molecule has 1 aromatic heterocycles. The highest BCUT2D eigenvalue weighted by Crippen LogP contribution is 2.18. The van der Waals surface area contributed by atoms with Crippen LogP contribution in [0, 0.1) is 0 Å². The molecule has 0 spiro atoms. The van der Waals surface area contributed by atoms with Crippen molar-refractivity contribution in [2.75, 3.05) is 26.2 Å². The fourth-order valence-corrected chi connectivity index (χ4v) is 2.32. The van der Waals surface area contributed by atoms with Crippen molar-refractivity contribution in [3.8, 4) is 0 Å². The minimum atomic E-state index is -0.528. The molecule has 1 fully saturated rings. The monoisotopic (exact) mass is 280 g/mol. The zero-order valence-electron chi connectivity index (χ0n) is 11.7. The fourth-order valence-electron chi connectivity index (χ4n) is 2.32. The molecule has 1 aliphatic rings. The molecule has 1 amide bonds. The summed E-state index contributed by atoms with van der Waals surface area (Å²) in [6, 6.07) is 1.66. The van der Waals surface area contributed by atoms with Gasteiger partial charge in [-0.15, -0.1) is 0 Å². The summed E-state index contributed by atoms with van der Waals surface area (Å²) in [5.41, 5.74) is 5.75. The molecule has 7 heteroatoms. The predicted octanol–water partition coefficient (Wildman–Crippen LogP) is 0.562. The lowest BCUT2D eigenvalue weighted by molar-refractivity contribution is 0.0531. The third kappa shape index (κ3) is 2.62. The molecule has 2 rings (SSSR count). The van der Waals surface area contributed by atoms with Crippen LogP contribution in [0.3, 0.4) is 0 Å². The van der Waals surface area contributed by atoms with E-state index in [-0.39, 0.29) is 11.7 Å². The van der Waals surface area contributed by atoms with Gasteiger partial charge in [0.15, 0.2) is 5.84 Å². The smallest absolute Gasteiger partial charge is 0.257 e. The Balaban J connectivity index is 1.98. The summed E-state index contributed by atoms with van der Waals surface area (Å²) in [6.07, 6.45) is 2.94. The van der Waals surface area contributed by atoms with Crippen LogP contribution in [0.4, 0.5) is 0 Å². The number of carbonyl (C=O) groups excluding carboxylic acids is 1. The van der Waals surface area contributed by atoms with Crippen molar-refractivity contribution in [1.82, 2.24) is 9.80 Å². The third-order valence-electron chi connectivity index (χ3n) is 3.86. The summed E-state index contributed by atoms with van der Waals surface area (Å²) in [7, 11) is 0. The number of amidine groups is 1. The van der Waals surface area contributed by atoms with Crippen molar-refractivity contribution in [3.63, 3.8) is 0 Å². The summed E-state index contributed by atoms with van der Waals surface area (Å²) in [5.74, 6) is 0.145. The summed E-state index contributed by atoms with van der Waals surface area (Å²) in [6.45, 7) is 6.35. The van der Waals surface area contributed by atoms with Gasteiger partial charge in [0, 0.05) is 26.2 Å². The molecule has 0 radical (unpaired) electrons. The standard InChI is InChI=1S/C13H20N4O3/c1-13(2,12(14)15-19)17-6-4-16(5-7-17)11(18)10-3-8-20-9-10/h3,8-9,19H,4-7H2,1-2H3,(H2,14,15). The number of amides is 1. The zero-order chi connectivity index (χ0) is 14.8. The Morgan fingerprint density at radius 1 is 1.40 bits per heavy atom. The molecule has 1 saturated heterocycles. The van der Waals surface area contributed by atoms with E-state index in [0.717, 1.165) is 0 Å². The number of rotatable bonds is 3. The van der Waals surface area contributed by atoms with Gasteiger partial charge in [-0.05, 0) is 19.9 Å². The molecule has 3 N–H and O–H groups in total. The van der Waals surface area contributed by atoms with Crippen molar-refractivity contribution in [2.45, 2.75) is 19.4 Å². The van der Waals surface area contributed by atoms with Gasteiger partial charge in [0.1, 0.15) is 6.26 Å². The first kappa shape index (κ1) is 14.4. The Bertz CT molecular complexity index is 488. The molecule has 7 nitrogen and oxygen atoms in total. The number of nitrogens with two attached hydrogens (primary N) is 1. The van der Waals surface area contributed by atoms with E-state index in [1.54, 1.807) is 11.0 Å². The lowest BCUT2D eigenvalue weighted by Crippen LogP contribution is -2.60. The van der Waals surface area contributed by atoms with E-state index in [4.69, 9.17) is 15.4 Å². The van der Waals surface area contributed by atoms with Crippen molar-refractivity contribution in [2.24, 2.45) is 10.9 Å². The molecule has 0 atom stereocenters. The van der Waals surface area contributed by atoms with Crippen LogP contribution in [-0.4, -0.2) is 58.5 Å². The number of furan rings is 1. The van der Waals surface area contributed by atoms with Gasteiger partial charge in [0.2, 0.25) is 0 Å². The Hall–Kier alpha value is -2.02. The van der Waals surface area contributed by atoms with Crippen molar-refractivity contribution in [1.29, 1.82) is 0 Å². The minimum absolute atomic E-state index is 0.0278. The second-order valence-electron chi connectivity index (χ2n) is 5.34. The Morgan fingerprint density at radius 3 is 2.55 bits per heavy atom. The third-order valence-corrected chi connectivity index (χ3v) is 3.86. The van der Waals surface area contributed by atoms with Crippen LogP contribution >= 0.6 is 0 Å². The summed E-state index contributed by atoms with van der Waals surface area (Å²) in [4.78, 5) is 16.0. The average Bonchev–Trinajstić information content (AvgIpc) is 2.99. The van der Waals surface area contributed by atoms with Gasteiger partial charge < -0.3 is 20.3 Å². The van der Waals surface area contributed by atoms with Gasteiger partial charge in [-0.3, -0.25) is 9.69 Å². The minimum Gasteiger partial charge on any atom is -0.472 e. The van der Waals surface area contributed by atoms with E-state index in [9.17, 15) is 4.79 Å². The highest BCUT2D eigenvalue weighted by Gasteiger charge is 2.34. The van der Waals surface area contributed by atoms with Crippen LogP contribution in [0.2, 0.25) is 0 Å². The lowest BCUT2D eigenvalue weighted by Gasteiger charge is -2.43. The predicted molar refractivity (Wildman–Crippen MR) is 73.7 cm³/mol. The van der Waals surface area contributed by atoms with Gasteiger partial charge >= 0.3 is 0 Å². The lowest BCUT2D eigenvalue weighted by atomic mass is 10.00. The molecule has 1 aromatic rings. The second kappa shape index (κ2) is 5.54. The van der Waals surface area contributed by atoms with Crippen LogP contribution < -0.4 is 5.73 Å². The van der Waals surface area contributed by atoms with Crippen LogP contribution in [0.1, 0.15) is 24.2 Å². The van der Waals surface area contributed by atoms with Crippen molar-refractivity contribution in [3.05, 3.63) is 24.2 Å². The molecule has 2 heterocycles. The van der Waals surface area contributed by atoms with Gasteiger partial charge in [-0.2, -0.15) is 0 Å². The molecule has 0 bridgehead atoms. The van der Waals surface area contributed by atoms with E-state index in [1.165, 1.54) is 12.5 Å². The summed E-state index contributed by atoms with van der Waals surface area (Å²) >= 11 is 0. The molecule has 110 valence electrons. The van der Waals surface area contributed by atoms with Crippen LogP contribution in [-0.2, 0) is 0 Å². The highest BCUT2D eigenvalue weighted by atomic mass is 16.4. The SMILES string of the molecule is CC(C)(C(N)=NO)N1CCN(C(=O)c2ccoc2)CC1. The van der Waals surface area contributed by atoms with E-state index in [2.05, 4.69) is 10.1 Å². The zero-order valence-corrected chi connectivity index (χ0v) is 11.7. The summed E-state index contributed by atoms with van der Waals surface area (Å²) in [5, 5.41) is 11.9. The number of piperazine rings is 1. The molecule has 0 saturated carbocycles. The first-order chi connectivity index (χ1) is 9.46. The molecular formula is C13H20N4O3. The fraction of sp³-hybridized carbons (Fsp3) is 0.538. The van der Waals surface area contributed by atoms with Gasteiger partial charge in [0.25, 0.3) is 5.91 Å². The molecule has 0 unspecified atom stereocenters. The van der Waals surface area contributed by atoms with E-state index >= 15 is 0 Å². The molecule has 0 aliphatic carbocycles. The molecule has 20 heavy (non-hydrogen) atoms. The Kier molecular flexibility index (Phi) is 3.99. The molecule has 0 aromatic carbocycles. The van der Waals surface area contributed by atoms with Gasteiger partial charge in [0.05, 0.1) is 17.4 Å². The Morgan fingerprint density at radius 2 is 2.05 bits per heavy atom. The number of oxime groups is 1. The van der Waals surface area contributed by atoms with Crippen LogP contribution in [0.5, 0.6) is 0 Å². The maximum Gasteiger partial charge on any atom is 0.257 e. The number of hydrogen-bond donors (Lipinski definition) is 2. The molecule has 1 aliphatic heterocycles. The van der Waals surface area contributed by atoms with E-state index in [0.29, 0.717) is 31.7 Å². The largest absolute Gasteiger partial charge is 0.472 e. The second-order valence-corrected chi connectivity index (χ2v) is 5.34. The number of carbonyl (C=O) groups is 1. The Labute approximate surface area is 117 Å². The van der Waals surface area contributed by atoms with Gasteiger partial charge in [-0.1, -0.05) is 5.16 Å². The number of hydrogen-bond acceptors (Lipinski definition) is 5. The summed E-state index contributed by atoms with van der Waals surface area (Å²) < 4.78 is 4.93. The van der Waals surface area contributed by atoms with Gasteiger partial charge in [-0.25, -0.2) is 0 Å². The van der Waals surface area contributed by atoms with E-state index < -0.39 is 5.54 Å². The highest BCUT2D eigenvalue weighted by molar-refractivity contribution is 5.94. The quantitative estimate of drug-likeness (QED) is 0.365. The maximum absolute atomic E-state index is 12.2. The topological polar surface area (TPSA) is 95.3 Å². The average molecular weight is 280 g/mol. The van der Waals surface area contributed by atoms with Crippen molar-refractivity contribution < 1.29 is 14.4 Å². The normalized spacial score (nSPS) is 18.3. The maximum atomic E-state index is 12.2. The van der Waals surface area contributed by atoms with E-state index in [1.807, 2.05) is 13.8 Å². The van der Waals surface area contributed by atoms with Crippen molar-refractivity contribution >= 4 is 11.7 Å². The van der Waals surface area contributed by atoms with Crippen LogP contribution in [0.25, 0.3) is 0 Å². The molecular weight excluding hydrogens is 260 g/mol.